The number of amides is 2. The maximum absolute atomic E-state index is 12.7. The summed E-state index contributed by atoms with van der Waals surface area (Å²) in [6, 6.07) is 3.53. The molecule has 0 spiro atoms. The lowest BCUT2D eigenvalue weighted by Crippen LogP contribution is -2.32. The number of aliphatic hydroxyl groups is 1. The van der Waals surface area contributed by atoms with E-state index in [2.05, 4.69) is 35.8 Å². The third kappa shape index (κ3) is 4.61. The molecule has 178 valence electrons. The molecule has 34 heavy (non-hydrogen) atoms. The number of aliphatic hydroxyl groups excluding tert-OH is 1. The summed E-state index contributed by atoms with van der Waals surface area (Å²) in [4.78, 5) is 29.1. The fraction of sp³-hybridized carbons (Fsp3) is 0.250. The lowest BCUT2D eigenvalue weighted by atomic mass is 10.0. The number of benzene rings is 1. The van der Waals surface area contributed by atoms with Crippen LogP contribution in [0.4, 0.5) is 18.9 Å². The second kappa shape index (κ2) is 8.62. The molecule has 11 nitrogen and oxygen atoms in total. The van der Waals surface area contributed by atoms with Gasteiger partial charge in [-0.25, -0.2) is 0 Å². The van der Waals surface area contributed by atoms with Gasteiger partial charge in [-0.05, 0) is 48.9 Å². The molecule has 1 aliphatic heterocycles. The first kappa shape index (κ1) is 23.0. The van der Waals surface area contributed by atoms with Crippen LogP contribution in [0, 0.1) is 13.8 Å². The number of ether oxygens (including phenoxy) is 1. The van der Waals surface area contributed by atoms with Crippen LogP contribution in [0.3, 0.4) is 0 Å². The Morgan fingerprint density at radius 3 is 2.79 bits per heavy atom. The molecule has 0 radical (unpaired) electrons. The summed E-state index contributed by atoms with van der Waals surface area (Å²) in [6.07, 6.45) is -3.51. The Balaban J connectivity index is 1.59. The number of anilines is 1. The van der Waals surface area contributed by atoms with E-state index in [1.54, 1.807) is 13.8 Å². The number of H-pyrrole nitrogens is 1. The van der Waals surface area contributed by atoms with Gasteiger partial charge in [0, 0.05) is 22.6 Å². The number of halogens is 3. The van der Waals surface area contributed by atoms with Crippen molar-refractivity contribution >= 4 is 29.2 Å². The van der Waals surface area contributed by atoms with Gasteiger partial charge in [-0.1, -0.05) is 0 Å². The number of carbonyl (C=O) groups is 2. The lowest BCUT2D eigenvalue weighted by Gasteiger charge is -2.10. The number of hydrogen-bond acceptors (Lipinski definition) is 7. The van der Waals surface area contributed by atoms with Crippen LogP contribution in [0.25, 0.3) is 11.6 Å². The van der Waals surface area contributed by atoms with E-state index in [1.165, 1.54) is 12.1 Å². The average molecular weight is 477 g/mol. The van der Waals surface area contributed by atoms with E-state index in [-0.39, 0.29) is 17.7 Å². The maximum Gasteiger partial charge on any atom is 0.573 e. The average Bonchev–Trinajstić information content (AvgIpc) is 3.45. The molecule has 4 N–H and O–H groups in total. The molecule has 2 amide bonds. The molecule has 0 bridgehead atoms. The predicted molar refractivity (Wildman–Crippen MR) is 111 cm³/mol. The van der Waals surface area contributed by atoms with Crippen molar-refractivity contribution in [1.29, 1.82) is 0 Å². The number of aryl methyl sites for hydroxylation is 1. The molecule has 4 rings (SSSR count). The van der Waals surface area contributed by atoms with Gasteiger partial charge in [-0.2, -0.15) is 0 Å². The smallest absolute Gasteiger partial charge is 0.406 e. The molecule has 1 unspecified atom stereocenters. The molecule has 0 saturated heterocycles. The summed E-state index contributed by atoms with van der Waals surface area (Å²) in [6.45, 7) is 3.11. The van der Waals surface area contributed by atoms with Gasteiger partial charge in [0.25, 0.3) is 11.8 Å². The van der Waals surface area contributed by atoms with Crippen molar-refractivity contribution in [2.75, 3.05) is 11.9 Å². The lowest BCUT2D eigenvalue weighted by molar-refractivity contribution is -0.274. The molecule has 3 heterocycles. The van der Waals surface area contributed by atoms with Crippen LogP contribution in [-0.2, 0) is 4.79 Å². The highest BCUT2D eigenvalue weighted by molar-refractivity contribution is 6.35. The third-order valence-corrected chi connectivity index (χ3v) is 5.08. The molecule has 0 saturated carbocycles. The first-order chi connectivity index (χ1) is 16.0. The van der Waals surface area contributed by atoms with Gasteiger partial charge in [-0.3, -0.25) is 9.59 Å². The monoisotopic (exact) mass is 477 g/mol. The fourth-order valence-corrected chi connectivity index (χ4v) is 3.58. The molecule has 1 atom stereocenters. The number of nitrogens with one attached hydrogen (secondary N) is 3. The molecule has 3 aromatic rings. The largest absolute Gasteiger partial charge is 0.573 e. The number of alkyl halides is 3. The van der Waals surface area contributed by atoms with E-state index in [4.69, 9.17) is 0 Å². The third-order valence-electron chi connectivity index (χ3n) is 5.08. The van der Waals surface area contributed by atoms with Crippen molar-refractivity contribution in [3.05, 3.63) is 52.6 Å². The van der Waals surface area contributed by atoms with Crippen LogP contribution in [0.1, 0.15) is 39.1 Å². The van der Waals surface area contributed by atoms with Crippen molar-refractivity contribution in [1.82, 2.24) is 30.5 Å². The Labute approximate surface area is 189 Å². The van der Waals surface area contributed by atoms with Gasteiger partial charge in [0.1, 0.15) is 5.75 Å². The van der Waals surface area contributed by atoms with E-state index in [1.807, 2.05) is 0 Å². The van der Waals surface area contributed by atoms with Crippen molar-refractivity contribution in [2.45, 2.75) is 26.4 Å². The summed E-state index contributed by atoms with van der Waals surface area (Å²) in [5.74, 6) is -1.47. The molecule has 0 aliphatic carbocycles. The zero-order valence-electron chi connectivity index (χ0n) is 17.8. The molecular weight excluding hydrogens is 459 g/mol. The van der Waals surface area contributed by atoms with Crippen molar-refractivity contribution < 1.29 is 32.6 Å². The Morgan fingerprint density at radius 1 is 1.35 bits per heavy atom. The van der Waals surface area contributed by atoms with Crippen molar-refractivity contribution in [3.8, 4) is 5.75 Å². The maximum atomic E-state index is 12.7. The van der Waals surface area contributed by atoms with Gasteiger partial charge in [-0.15, -0.1) is 28.2 Å². The molecule has 2 aromatic heterocycles. The van der Waals surface area contributed by atoms with Gasteiger partial charge >= 0.3 is 6.36 Å². The van der Waals surface area contributed by atoms with E-state index >= 15 is 0 Å². The first-order valence-corrected chi connectivity index (χ1v) is 9.84. The van der Waals surface area contributed by atoms with Crippen LogP contribution in [0.2, 0.25) is 0 Å². The van der Waals surface area contributed by atoms with E-state index in [0.29, 0.717) is 28.2 Å². The highest BCUT2D eigenvalue weighted by Gasteiger charge is 2.33. The minimum atomic E-state index is -4.87. The molecule has 1 aromatic carbocycles. The number of aromatic nitrogens is 5. The van der Waals surface area contributed by atoms with Crippen molar-refractivity contribution in [3.63, 3.8) is 0 Å². The number of fused-ring (bicyclic) bond motifs is 1. The predicted octanol–water partition coefficient (Wildman–Crippen LogP) is 1.93. The van der Waals surface area contributed by atoms with Crippen LogP contribution in [-0.4, -0.2) is 55.0 Å². The van der Waals surface area contributed by atoms with Gasteiger partial charge in [0.05, 0.1) is 17.7 Å². The molecule has 14 heteroatoms. The summed E-state index contributed by atoms with van der Waals surface area (Å²) in [5, 5.41) is 25.9. The normalized spacial score (nSPS) is 15.2. The molecular formula is C20H18F3N7O4. The van der Waals surface area contributed by atoms with E-state index < -0.39 is 30.2 Å². The minimum absolute atomic E-state index is 0.103. The molecule has 0 fully saturated rings. The zero-order chi connectivity index (χ0) is 24.6. The second-order valence-electron chi connectivity index (χ2n) is 7.38. The summed E-state index contributed by atoms with van der Waals surface area (Å²) in [5.41, 5.74) is 2.36. The topological polar surface area (TPSA) is 147 Å². The number of carbonyl (C=O) groups excluding carboxylic acids is 2. The van der Waals surface area contributed by atoms with Crippen LogP contribution >= 0.6 is 0 Å². The summed E-state index contributed by atoms with van der Waals surface area (Å²) < 4.78 is 41.7. The second-order valence-corrected chi connectivity index (χ2v) is 7.38. The summed E-state index contributed by atoms with van der Waals surface area (Å²) >= 11 is 0. The number of tetrazole rings is 1. The van der Waals surface area contributed by atoms with Gasteiger partial charge in [0.2, 0.25) is 0 Å². The zero-order valence-corrected chi connectivity index (χ0v) is 17.8. The van der Waals surface area contributed by atoms with Crippen LogP contribution in [0.15, 0.2) is 24.5 Å². The number of nitrogens with zero attached hydrogens (tertiary/aromatic N) is 4. The van der Waals surface area contributed by atoms with Gasteiger partial charge < -0.3 is 25.5 Å². The SMILES string of the molecule is Cc1[nH]c(C=C2C(=O)Nc3ccc(OC(F)(F)F)cc32)c(C)c1C(=O)NCC(O)n1ncnn1. The Kier molecular flexibility index (Phi) is 5.83. The Morgan fingerprint density at radius 2 is 2.12 bits per heavy atom. The quantitative estimate of drug-likeness (QED) is 0.397. The standard InChI is InChI=1S/C20H18F3N7O4/c1-9-15(27-10(2)17(9)19(33)24-7-16(31)30-26-8-25-29-30)6-13-12-5-11(34-20(21,22)23)3-4-14(12)28-18(13)32/h3-6,8,16,27,31H,7H2,1-2H3,(H,24,33)(H,28,32). The van der Waals surface area contributed by atoms with E-state index in [0.717, 1.165) is 23.3 Å². The fourth-order valence-electron chi connectivity index (χ4n) is 3.58. The minimum Gasteiger partial charge on any atom is -0.406 e. The van der Waals surface area contributed by atoms with Gasteiger partial charge in [0.15, 0.2) is 12.6 Å². The van der Waals surface area contributed by atoms with Crippen molar-refractivity contribution in [2.24, 2.45) is 0 Å². The molecule has 1 aliphatic rings. The van der Waals surface area contributed by atoms with E-state index in [9.17, 15) is 27.9 Å². The Bertz CT molecular complexity index is 1280. The highest BCUT2D eigenvalue weighted by Crippen LogP contribution is 2.37. The highest BCUT2D eigenvalue weighted by atomic mass is 19.4. The summed E-state index contributed by atoms with van der Waals surface area (Å²) in [7, 11) is 0. The first-order valence-electron chi connectivity index (χ1n) is 9.84. The number of rotatable bonds is 6. The number of hydrogen-bond donors (Lipinski definition) is 4. The number of aromatic amines is 1. The Hall–Kier alpha value is -4.20. The van der Waals surface area contributed by atoms with Crippen LogP contribution in [0.5, 0.6) is 5.75 Å². The van der Waals surface area contributed by atoms with Crippen LogP contribution < -0.4 is 15.4 Å².